The Kier molecular flexibility index (Phi) is 5.11. The smallest absolute Gasteiger partial charge is 0.123 e. The molecule has 7 aromatic carbocycles. The largest absolute Gasteiger partial charge is 0.309 e. The molecule has 2 nitrogen and oxygen atoms in total. The number of nitrogens with zero attached hydrogens (tertiary/aromatic N) is 2. The summed E-state index contributed by atoms with van der Waals surface area (Å²) in [5.74, 6) is -0.239. The monoisotopic (exact) mass is 552 g/mol. The van der Waals surface area contributed by atoms with Crippen LogP contribution >= 0.6 is 0 Å². The highest BCUT2D eigenvalue weighted by atomic mass is 19.1. The third-order valence-electron chi connectivity index (χ3n) is 8.75. The number of hydrogen-bond donors (Lipinski definition) is 0. The lowest BCUT2D eigenvalue weighted by molar-refractivity contribution is 0.627. The number of halogens is 1. The first-order valence-electron chi connectivity index (χ1n) is 14.6. The lowest BCUT2D eigenvalue weighted by Gasteiger charge is -2.11. The van der Waals surface area contributed by atoms with E-state index in [1.807, 2.05) is 18.2 Å². The molecule has 202 valence electrons. The molecule has 0 unspecified atom stereocenters. The van der Waals surface area contributed by atoms with Gasteiger partial charge in [0.25, 0.3) is 0 Å². The molecule has 0 radical (unpaired) electrons. The number of rotatable bonds is 3. The maximum absolute atomic E-state index is 14.1. The summed E-state index contributed by atoms with van der Waals surface area (Å²) in [6.07, 6.45) is 0. The Balaban J connectivity index is 1.44. The van der Waals surface area contributed by atoms with Gasteiger partial charge in [0.2, 0.25) is 0 Å². The van der Waals surface area contributed by atoms with Gasteiger partial charge in [0.05, 0.1) is 22.1 Å². The molecule has 2 heterocycles. The molecule has 3 heteroatoms. The number of fused-ring (bicyclic) bond motifs is 8. The first-order chi connectivity index (χ1) is 21.2. The average Bonchev–Trinajstić information content (AvgIpc) is 3.57. The Labute approximate surface area is 247 Å². The minimum Gasteiger partial charge on any atom is -0.309 e. The molecule has 9 rings (SSSR count). The zero-order chi connectivity index (χ0) is 28.5. The molecule has 0 saturated carbocycles. The van der Waals surface area contributed by atoms with Crippen LogP contribution in [0.15, 0.2) is 152 Å². The van der Waals surface area contributed by atoms with Gasteiger partial charge in [-0.25, -0.2) is 4.39 Å². The van der Waals surface area contributed by atoms with Crippen molar-refractivity contribution in [2.75, 3.05) is 0 Å². The van der Waals surface area contributed by atoms with Crippen LogP contribution in [0.2, 0.25) is 0 Å². The molecule has 0 amide bonds. The molecular weight excluding hydrogens is 527 g/mol. The molecule has 0 saturated heterocycles. The van der Waals surface area contributed by atoms with Gasteiger partial charge in [-0.15, -0.1) is 0 Å². The van der Waals surface area contributed by atoms with Crippen molar-refractivity contribution >= 4 is 54.4 Å². The Bertz CT molecular complexity index is 2480. The highest BCUT2D eigenvalue weighted by Crippen LogP contribution is 2.43. The maximum atomic E-state index is 14.1. The molecule has 0 atom stereocenters. The standard InChI is InChI=1S/C40H25FN2/c41-30-16-20-32(21-17-30)43-36-13-7-6-12-33(36)34-22-23-37-39(40(34)43)35-24-28-10-4-5-11-29(28)25-38(35)42(37)31-18-14-27(15-19-31)26-8-2-1-3-9-26/h1-25H. The molecule has 2 aromatic heterocycles. The molecule has 43 heavy (non-hydrogen) atoms. The minimum atomic E-state index is -0.239. The van der Waals surface area contributed by atoms with Gasteiger partial charge in [-0.05, 0) is 82.6 Å². The predicted octanol–water partition coefficient (Wildman–Crippen LogP) is 10.8. The van der Waals surface area contributed by atoms with Gasteiger partial charge in [0.1, 0.15) is 5.82 Å². The SMILES string of the molecule is Fc1ccc(-n2c3ccccc3c3ccc4c(c5cc6ccccc6cc5n4-c4ccc(-c5ccccc5)cc4)c32)cc1. The van der Waals surface area contributed by atoms with Crippen molar-refractivity contribution in [2.24, 2.45) is 0 Å². The Morgan fingerprint density at radius 3 is 1.81 bits per heavy atom. The van der Waals surface area contributed by atoms with Crippen LogP contribution in [0.4, 0.5) is 4.39 Å². The van der Waals surface area contributed by atoms with E-state index in [2.05, 4.69) is 130 Å². The molecule has 0 bridgehead atoms. The number of para-hydroxylation sites is 1. The van der Waals surface area contributed by atoms with Crippen LogP contribution in [0.1, 0.15) is 0 Å². The predicted molar refractivity (Wildman–Crippen MR) is 178 cm³/mol. The van der Waals surface area contributed by atoms with Crippen molar-refractivity contribution in [3.8, 4) is 22.5 Å². The van der Waals surface area contributed by atoms with E-state index in [9.17, 15) is 4.39 Å². The van der Waals surface area contributed by atoms with Crippen molar-refractivity contribution in [2.45, 2.75) is 0 Å². The highest BCUT2D eigenvalue weighted by Gasteiger charge is 2.21. The molecule has 0 aliphatic carbocycles. The lowest BCUT2D eigenvalue weighted by atomic mass is 10.0. The van der Waals surface area contributed by atoms with Crippen molar-refractivity contribution in [1.82, 2.24) is 9.13 Å². The van der Waals surface area contributed by atoms with E-state index in [-0.39, 0.29) is 5.82 Å². The summed E-state index contributed by atoms with van der Waals surface area (Å²) in [4.78, 5) is 0. The summed E-state index contributed by atoms with van der Waals surface area (Å²) < 4.78 is 18.8. The van der Waals surface area contributed by atoms with E-state index < -0.39 is 0 Å². The molecular formula is C40H25FN2. The Morgan fingerprint density at radius 1 is 0.395 bits per heavy atom. The van der Waals surface area contributed by atoms with E-state index in [4.69, 9.17) is 0 Å². The summed E-state index contributed by atoms with van der Waals surface area (Å²) in [6, 6.07) is 52.4. The third kappa shape index (κ3) is 3.58. The van der Waals surface area contributed by atoms with Crippen LogP contribution in [0.25, 0.3) is 76.9 Å². The maximum Gasteiger partial charge on any atom is 0.123 e. The van der Waals surface area contributed by atoms with Gasteiger partial charge in [0.15, 0.2) is 0 Å². The van der Waals surface area contributed by atoms with Crippen LogP contribution in [-0.4, -0.2) is 9.13 Å². The zero-order valence-corrected chi connectivity index (χ0v) is 23.2. The van der Waals surface area contributed by atoms with Crippen LogP contribution in [0.3, 0.4) is 0 Å². The van der Waals surface area contributed by atoms with Gasteiger partial charge in [-0.2, -0.15) is 0 Å². The van der Waals surface area contributed by atoms with Gasteiger partial charge in [-0.3, -0.25) is 0 Å². The van der Waals surface area contributed by atoms with E-state index >= 15 is 0 Å². The van der Waals surface area contributed by atoms with E-state index in [1.54, 1.807) is 12.1 Å². The summed E-state index contributed by atoms with van der Waals surface area (Å²) >= 11 is 0. The second-order valence-corrected chi connectivity index (χ2v) is 11.1. The van der Waals surface area contributed by atoms with E-state index in [1.165, 1.54) is 43.4 Å². The molecule has 0 spiro atoms. The van der Waals surface area contributed by atoms with Crippen LogP contribution < -0.4 is 0 Å². The van der Waals surface area contributed by atoms with Gasteiger partial charge >= 0.3 is 0 Å². The van der Waals surface area contributed by atoms with Crippen molar-refractivity contribution in [3.05, 3.63) is 157 Å². The number of aromatic nitrogens is 2. The zero-order valence-electron chi connectivity index (χ0n) is 23.2. The van der Waals surface area contributed by atoms with E-state index in [0.717, 1.165) is 33.4 Å². The number of benzene rings is 7. The topological polar surface area (TPSA) is 9.86 Å². The van der Waals surface area contributed by atoms with E-state index in [0.29, 0.717) is 0 Å². The molecule has 0 N–H and O–H groups in total. The van der Waals surface area contributed by atoms with Crippen molar-refractivity contribution in [1.29, 1.82) is 0 Å². The molecule has 0 fully saturated rings. The van der Waals surface area contributed by atoms with Crippen LogP contribution in [0.5, 0.6) is 0 Å². The fourth-order valence-corrected chi connectivity index (χ4v) is 6.81. The summed E-state index contributed by atoms with van der Waals surface area (Å²) in [6.45, 7) is 0. The summed E-state index contributed by atoms with van der Waals surface area (Å²) in [5.41, 5.74) is 8.96. The normalized spacial score (nSPS) is 11.8. The second kappa shape index (κ2) is 9.17. The Hall–Kier alpha value is -5.67. The van der Waals surface area contributed by atoms with Gasteiger partial charge in [-0.1, -0.05) is 91.0 Å². The average molecular weight is 553 g/mol. The Morgan fingerprint density at radius 2 is 1.02 bits per heavy atom. The fourth-order valence-electron chi connectivity index (χ4n) is 6.81. The van der Waals surface area contributed by atoms with Gasteiger partial charge in [0, 0.05) is 32.9 Å². The highest BCUT2D eigenvalue weighted by molar-refractivity contribution is 6.27. The van der Waals surface area contributed by atoms with Crippen molar-refractivity contribution in [3.63, 3.8) is 0 Å². The van der Waals surface area contributed by atoms with Crippen LogP contribution in [-0.2, 0) is 0 Å². The first-order valence-corrected chi connectivity index (χ1v) is 14.6. The van der Waals surface area contributed by atoms with Crippen molar-refractivity contribution < 1.29 is 4.39 Å². The van der Waals surface area contributed by atoms with Crippen LogP contribution in [0, 0.1) is 5.82 Å². The lowest BCUT2D eigenvalue weighted by Crippen LogP contribution is -1.95. The number of hydrogen-bond acceptors (Lipinski definition) is 0. The third-order valence-corrected chi connectivity index (χ3v) is 8.75. The second-order valence-electron chi connectivity index (χ2n) is 11.1. The first kappa shape index (κ1) is 24.0. The fraction of sp³-hybridized carbons (Fsp3) is 0. The summed E-state index contributed by atoms with van der Waals surface area (Å²) in [5, 5.41) is 7.14. The summed E-state index contributed by atoms with van der Waals surface area (Å²) in [7, 11) is 0. The van der Waals surface area contributed by atoms with Gasteiger partial charge < -0.3 is 9.13 Å². The minimum absolute atomic E-state index is 0.239. The molecule has 0 aliphatic rings. The molecule has 0 aliphatic heterocycles. The quantitative estimate of drug-likeness (QED) is 0.206. The molecule has 9 aromatic rings.